The Balaban J connectivity index is 2.55. The molecule has 0 aliphatic rings. The van der Waals surface area contributed by atoms with Crippen molar-refractivity contribution in [2.75, 3.05) is 5.73 Å². The van der Waals surface area contributed by atoms with Gasteiger partial charge >= 0.3 is 0 Å². The van der Waals surface area contributed by atoms with E-state index in [1.165, 1.54) is 0 Å². The van der Waals surface area contributed by atoms with E-state index < -0.39 is 0 Å². The Kier molecular flexibility index (Phi) is 3.19. The summed E-state index contributed by atoms with van der Waals surface area (Å²) in [5.74, 6) is 0.588. The fraction of sp³-hybridized carbons (Fsp3) is 0.167. The van der Waals surface area contributed by atoms with Crippen LogP contribution in [0.15, 0.2) is 35.1 Å². The van der Waals surface area contributed by atoms with Gasteiger partial charge in [-0.05, 0) is 40.5 Å². The second-order valence-corrected chi connectivity index (χ2v) is 4.35. The van der Waals surface area contributed by atoms with Crippen LogP contribution in [0.5, 0.6) is 0 Å². The van der Waals surface area contributed by atoms with Crippen molar-refractivity contribution in [3.05, 3.63) is 40.6 Å². The Morgan fingerprint density at radius 2 is 2.06 bits per heavy atom. The maximum atomic E-state index is 5.85. The lowest BCUT2D eigenvalue weighted by molar-refractivity contribution is 1.11. The number of nitrogens with two attached hydrogens (primary N) is 1. The van der Waals surface area contributed by atoms with E-state index in [0.717, 1.165) is 27.7 Å². The predicted molar refractivity (Wildman–Crippen MR) is 69.0 cm³/mol. The molecule has 2 heterocycles. The minimum atomic E-state index is 0.588. The fourth-order valence-electron chi connectivity index (χ4n) is 1.66. The minimum absolute atomic E-state index is 0.588. The van der Waals surface area contributed by atoms with Gasteiger partial charge in [-0.1, -0.05) is 6.92 Å². The highest BCUT2D eigenvalue weighted by atomic mass is 79.9. The summed E-state index contributed by atoms with van der Waals surface area (Å²) in [4.78, 5) is 8.46. The molecule has 0 fully saturated rings. The van der Waals surface area contributed by atoms with Crippen LogP contribution in [0.2, 0.25) is 0 Å². The third kappa shape index (κ3) is 2.07. The van der Waals surface area contributed by atoms with Gasteiger partial charge in [0.2, 0.25) is 0 Å². The largest absolute Gasteiger partial charge is 0.383 e. The molecule has 0 spiro atoms. The van der Waals surface area contributed by atoms with Gasteiger partial charge in [0.1, 0.15) is 5.82 Å². The molecule has 0 atom stereocenters. The number of rotatable bonds is 2. The maximum Gasteiger partial charge on any atom is 0.127 e. The second-order valence-electron chi connectivity index (χ2n) is 3.44. The summed E-state index contributed by atoms with van der Waals surface area (Å²) >= 11 is 3.37. The van der Waals surface area contributed by atoms with Crippen molar-refractivity contribution in [1.82, 2.24) is 9.97 Å². The Labute approximate surface area is 103 Å². The average molecular weight is 278 g/mol. The maximum absolute atomic E-state index is 5.85. The van der Waals surface area contributed by atoms with Crippen LogP contribution in [-0.2, 0) is 6.42 Å². The molecular formula is C12H12BrN3. The SMILES string of the molecule is CCc1c(-c2ccc(Br)cn2)ccnc1N. The summed E-state index contributed by atoms with van der Waals surface area (Å²) in [5, 5.41) is 0. The molecule has 3 nitrogen and oxygen atoms in total. The highest BCUT2D eigenvalue weighted by Crippen LogP contribution is 2.25. The zero-order chi connectivity index (χ0) is 11.5. The molecule has 0 bridgehead atoms. The first-order valence-corrected chi connectivity index (χ1v) is 5.87. The summed E-state index contributed by atoms with van der Waals surface area (Å²) in [6.45, 7) is 2.07. The topological polar surface area (TPSA) is 51.8 Å². The molecule has 0 aliphatic heterocycles. The van der Waals surface area contributed by atoms with E-state index in [4.69, 9.17) is 5.73 Å². The van der Waals surface area contributed by atoms with Crippen molar-refractivity contribution in [2.24, 2.45) is 0 Å². The number of halogens is 1. The van der Waals surface area contributed by atoms with E-state index in [-0.39, 0.29) is 0 Å². The van der Waals surface area contributed by atoms with E-state index in [2.05, 4.69) is 32.8 Å². The quantitative estimate of drug-likeness (QED) is 0.918. The van der Waals surface area contributed by atoms with Crippen LogP contribution in [0.1, 0.15) is 12.5 Å². The Bertz CT molecular complexity index is 494. The Morgan fingerprint density at radius 3 is 2.69 bits per heavy atom. The third-order valence-corrected chi connectivity index (χ3v) is 2.92. The van der Waals surface area contributed by atoms with Gasteiger partial charge < -0.3 is 5.73 Å². The summed E-state index contributed by atoms with van der Waals surface area (Å²) in [5.41, 5.74) is 8.89. The molecule has 2 rings (SSSR count). The average Bonchev–Trinajstić information content (AvgIpc) is 2.30. The number of nitrogen functional groups attached to an aromatic ring is 1. The molecular weight excluding hydrogens is 266 g/mol. The highest BCUT2D eigenvalue weighted by molar-refractivity contribution is 9.10. The monoisotopic (exact) mass is 277 g/mol. The van der Waals surface area contributed by atoms with Crippen molar-refractivity contribution < 1.29 is 0 Å². The number of aromatic nitrogens is 2. The van der Waals surface area contributed by atoms with Crippen molar-refractivity contribution >= 4 is 21.7 Å². The van der Waals surface area contributed by atoms with Crippen LogP contribution in [0.3, 0.4) is 0 Å². The molecule has 82 valence electrons. The smallest absolute Gasteiger partial charge is 0.127 e. The second kappa shape index (κ2) is 4.61. The van der Waals surface area contributed by atoms with Gasteiger partial charge in [0.05, 0.1) is 5.69 Å². The lowest BCUT2D eigenvalue weighted by Gasteiger charge is -2.08. The minimum Gasteiger partial charge on any atom is -0.383 e. The molecule has 16 heavy (non-hydrogen) atoms. The molecule has 2 aromatic heterocycles. The van der Waals surface area contributed by atoms with Crippen molar-refractivity contribution in [3.8, 4) is 11.3 Å². The third-order valence-electron chi connectivity index (χ3n) is 2.45. The molecule has 0 radical (unpaired) electrons. The molecule has 0 aliphatic carbocycles. The lowest BCUT2D eigenvalue weighted by Crippen LogP contribution is -1.99. The van der Waals surface area contributed by atoms with Gasteiger partial charge in [-0.25, -0.2) is 4.98 Å². The molecule has 0 amide bonds. The van der Waals surface area contributed by atoms with Crippen LogP contribution < -0.4 is 5.73 Å². The zero-order valence-corrected chi connectivity index (χ0v) is 10.5. The van der Waals surface area contributed by atoms with Crippen molar-refractivity contribution in [2.45, 2.75) is 13.3 Å². The van der Waals surface area contributed by atoms with Crippen molar-refractivity contribution in [3.63, 3.8) is 0 Å². The number of anilines is 1. The highest BCUT2D eigenvalue weighted by Gasteiger charge is 2.08. The van der Waals surface area contributed by atoms with Gasteiger partial charge in [0.15, 0.2) is 0 Å². The van der Waals surface area contributed by atoms with Crippen LogP contribution in [0, 0.1) is 0 Å². The van der Waals surface area contributed by atoms with E-state index in [1.54, 1.807) is 12.4 Å². The van der Waals surface area contributed by atoms with Gasteiger partial charge in [-0.15, -0.1) is 0 Å². The number of nitrogens with zero attached hydrogens (tertiary/aromatic N) is 2. The van der Waals surface area contributed by atoms with Crippen LogP contribution in [0.4, 0.5) is 5.82 Å². The fourth-order valence-corrected chi connectivity index (χ4v) is 1.89. The number of hydrogen-bond donors (Lipinski definition) is 1. The Morgan fingerprint density at radius 1 is 1.25 bits per heavy atom. The normalized spacial score (nSPS) is 10.4. The van der Waals surface area contributed by atoms with E-state index in [9.17, 15) is 0 Å². The molecule has 0 saturated heterocycles. The van der Waals surface area contributed by atoms with Crippen LogP contribution >= 0.6 is 15.9 Å². The first-order valence-electron chi connectivity index (χ1n) is 5.07. The molecule has 0 aromatic carbocycles. The van der Waals surface area contributed by atoms with Gasteiger partial charge in [0, 0.05) is 28.0 Å². The summed E-state index contributed by atoms with van der Waals surface area (Å²) in [6, 6.07) is 5.89. The molecule has 2 N–H and O–H groups in total. The van der Waals surface area contributed by atoms with E-state index >= 15 is 0 Å². The number of pyridine rings is 2. The van der Waals surface area contributed by atoms with Crippen LogP contribution in [0.25, 0.3) is 11.3 Å². The summed E-state index contributed by atoms with van der Waals surface area (Å²) in [7, 11) is 0. The van der Waals surface area contributed by atoms with E-state index in [0.29, 0.717) is 5.82 Å². The summed E-state index contributed by atoms with van der Waals surface area (Å²) < 4.78 is 0.969. The van der Waals surface area contributed by atoms with Crippen molar-refractivity contribution in [1.29, 1.82) is 0 Å². The zero-order valence-electron chi connectivity index (χ0n) is 8.94. The Hall–Kier alpha value is -1.42. The predicted octanol–water partition coefficient (Wildman–Crippen LogP) is 3.05. The number of hydrogen-bond acceptors (Lipinski definition) is 3. The van der Waals surface area contributed by atoms with Gasteiger partial charge in [0.25, 0.3) is 0 Å². The summed E-state index contributed by atoms with van der Waals surface area (Å²) in [6.07, 6.45) is 4.35. The molecule has 0 saturated carbocycles. The molecule has 0 unspecified atom stereocenters. The lowest BCUT2D eigenvalue weighted by atomic mass is 10.0. The first-order chi connectivity index (χ1) is 7.72. The van der Waals surface area contributed by atoms with E-state index in [1.807, 2.05) is 18.2 Å². The van der Waals surface area contributed by atoms with Gasteiger partial charge in [-0.3, -0.25) is 4.98 Å². The first kappa shape index (κ1) is 11.1. The van der Waals surface area contributed by atoms with Crippen LogP contribution in [-0.4, -0.2) is 9.97 Å². The molecule has 4 heteroatoms. The van der Waals surface area contributed by atoms with Gasteiger partial charge in [-0.2, -0.15) is 0 Å². The standard InChI is InChI=1S/C12H12BrN3/c1-2-9-10(5-6-15-12(9)14)11-4-3-8(13)7-16-11/h3-7H,2H2,1H3,(H2,14,15). The molecule has 2 aromatic rings.